The molecule has 1 saturated heterocycles. The highest BCUT2D eigenvalue weighted by molar-refractivity contribution is 6.30. The number of carbonyl (C=O) groups excluding carboxylic acids is 1. The maximum absolute atomic E-state index is 13.8. The van der Waals surface area contributed by atoms with Crippen molar-refractivity contribution in [2.75, 3.05) is 13.1 Å². The number of alkyl halides is 1. The van der Waals surface area contributed by atoms with Crippen molar-refractivity contribution in [2.45, 2.75) is 38.0 Å². The SMILES string of the molecule is Cc1ccc(F)c(C(Cl)C(=O)N2CCCCCC2)c1. The highest BCUT2D eigenvalue weighted by Gasteiger charge is 2.26. The first-order valence-corrected chi connectivity index (χ1v) is 7.22. The minimum absolute atomic E-state index is 0.173. The van der Waals surface area contributed by atoms with Crippen LogP contribution in [0.4, 0.5) is 4.39 Å². The van der Waals surface area contributed by atoms with Crippen molar-refractivity contribution in [3.05, 3.63) is 35.1 Å². The van der Waals surface area contributed by atoms with Crippen molar-refractivity contribution in [1.82, 2.24) is 4.90 Å². The molecule has 1 fully saturated rings. The van der Waals surface area contributed by atoms with Gasteiger partial charge in [-0.3, -0.25) is 4.79 Å². The third kappa shape index (κ3) is 3.47. The molecule has 1 aliphatic rings. The fourth-order valence-electron chi connectivity index (χ4n) is 2.44. The van der Waals surface area contributed by atoms with Crippen molar-refractivity contribution in [2.24, 2.45) is 0 Å². The average molecular weight is 284 g/mol. The van der Waals surface area contributed by atoms with E-state index in [4.69, 9.17) is 11.6 Å². The van der Waals surface area contributed by atoms with Crippen molar-refractivity contribution in [1.29, 1.82) is 0 Å². The minimum atomic E-state index is -0.919. The Morgan fingerprint density at radius 1 is 1.26 bits per heavy atom. The van der Waals surface area contributed by atoms with Gasteiger partial charge in [0.2, 0.25) is 5.91 Å². The predicted molar refractivity (Wildman–Crippen MR) is 74.8 cm³/mol. The van der Waals surface area contributed by atoms with E-state index in [1.165, 1.54) is 6.07 Å². The van der Waals surface area contributed by atoms with Crippen LogP contribution in [0.1, 0.15) is 42.2 Å². The maximum atomic E-state index is 13.8. The third-order valence-corrected chi connectivity index (χ3v) is 3.98. The van der Waals surface area contributed by atoms with Crippen LogP contribution >= 0.6 is 11.6 Å². The minimum Gasteiger partial charge on any atom is -0.341 e. The zero-order valence-electron chi connectivity index (χ0n) is 11.2. The molecule has 1 aliphatic heterocycles. The van der Waals surface area contributed by atoms with Crippen LogP contribution in [0.5, 0.6) is 0 Å². The summed E-state index contributed by atoms with van der Waals surface area (Å²) in [6, 6.07) is 4.71. The Labute approximate surface area is 118 Å². The predicted octanol–water partition coefficient (Wildman–Crippen LogP) is 3.82. The van der Waals surface area contributed by atoms with E-state index in [1.54, 1.807) is 17.0 Å². The third-order valence-electron chi connectivity index (χ3n) is 3.56. The first-order chi connectivity index (χ1) is 9.09. The highest BCUT2D eigenvalue weighted by atomic mass is 35.5. The molecule has 1 aromatic rings. The second kappa shape index (κ2) is 6.38. The first kappa shape index (κ1) is 14.3. The molecular weight excluding hydrogens is 265 g/mol. The maximum Gasteiger partial charge on any atom is 0.245 e. The molecule has 0 aromatic heterocycles. The summed E-state index contributed by atoms with van der Waals surface area (Å²) in [5.74, 6) is -0.582. The Morgan fingerprint density at radius 2 is 1.89 bits per heavy atom. The van der Waals surface area contributed by atoms with Crippen LogP contribution in [0.15, 0.2) is 18.2 Å². The number of nitrogens with zero attached hydrogens (tertiary/aromatic N) is 1. The second-order valence-electron chi connectivity index (χ2n) is 5.13. The molecule has 0 aliphatic carbocycles. The fraction of sp³-hybridized carbons (Fsp3) is 0.533. The molecule has 1 unspecified atom stereocenters. The molecule has 2 rings (SSSR count). The number of hydrogen-bond donors (Lipinski definition) is 0. The Kier molecular flexibility index (Phi) is 4.81. The van der Waals surface area contributed by atoms with Crippen LogP contribution in [0.25, 0.3) is 0 Å². The van der Waals surface area contributed by atoms with Gasteiger partial charge in [-0.1, -0.05) is 30.5 Å². The summed E-state index contributed by atoms with van der Waals surface area (Å²) in [4.78, 5) is 14.1. The molecule has 0 N–H and O–H groups in total. The largest absolute Gasteiger partial charge is 0.341 e. The summed E-state index contributed by atoms with van der Waals surface area (Å²) >= 11 is 6.19. The van der Waals surface area contributed by atoms with Crippen LogP contribution in [0.3, 0.4) is 0 Å². The zero-order chi connectivity index (χ0) is 13.8. The molecular formula is C15H19ClFNO. The lowest BCUT2D eigenvalue weighted by atomic mass is 10.1. The number of benzene rings is 1. The summed E-state index contributed by atoms with van der Waals surface area (Å²) in [5, 5.41) is -0.919. The van der Waals surface area contributed by atoms with Gasteiger partial charge in [0.15, 0.2) is 0 Å². The summed E-state index contributed by atoms with van der Waals surface area (Å²) in [7, 11) is 0. The van der Waals surface area contributed by atoms with E-state index in [0.717, 1.165) is 44.3 Å². The summed E-state index contributed by atoms with van der Waals surface area (Å²) < 4.78 is 13.8. The summed E-state index contributed by atoms with van der Waals surface area (Å²) in [6.07, 6.45) is 4.31. The van der Waals surface area contributed by atoms with E-state index in [1.807, 2.05) is 6.92 Å². The van der Waals surface area contributed by atoms with Crippen LogP contribution in [-0.2, 0) is 4.79 Å². The first-order valence-electron chi connectivity index (χ1n) is 6.78. The van der Waals surface area contributed by atoms with Gasteiger partial charge in [0.05, 0.1) is 0 Å². The molecule has 19 heavy (non-hydrogen) atoms. The Morgan fingerprint density at radius 3 is 2.53 bits per heavy atom. The number of rotatable bonds is 2. The van der Waals surface area contributed by atoms with Gasteiger partial charge in [0.25, 0.3) is 0 Å². The van der Waals surface area contributed by atoms with Gasteiger partial charge in [-0.15, -0.1) is 11.6 Å². The van der Waals surface area contributed by atoms with Crippen molar-refractivity contribution < 1.29 is 9.18 Å². The van der Waals surface area contributed by atoms with Crippen LogP contribution < -0.4 is 0 Å². The standard InChI is InChI=1S/C15H19ClFNO/c1-11-6-7-13(17)12(10-11)14(16)15(19)18-8-4-2-3-5-9-18/h6-7,10,14H,2-5,8-9H2,1H3. The molecule has 4 heteroatoms. The molecule has 1 aromatic carbocycles. The van der Waals surface area contributed by atoms with Gasteiger partial charge in [-0.05, 0) is 25.8 Å². The van der Waals surface area contributed by atoms with Gasteiger partial charge in [-0.25, -0.2) is 4.39 Å². The lowest BCUT2D eigenvalue weighted by Gasteiger charge is -2.23. The van der Waals surface area contributed by atoms with Gasteiger partial charge >= 0.3 is 0 Å². The van der Waals surface area contributed by atoms with Gasteiger partial charge in [-0.2, -0.15) is 0 Å². The fourth-order valence-corrected chi connectivity index (χ4v) is 2.75. The molecule has 2 nitrogen and oxygen atoms in total. The molecule has 1 atom stereocenters. The molecule has 0 radical (unpaired) electrons. The highest BCUT2D eigenvalue weighted by Crippen LogP contribution is 2.27. The number of hydrogen-bond acceptors (Lipinski definition) is 1. The topological polar surface area (TPSA) is 20.3 Å². The number of halogens is 2. The molecule has 0 bridgehead atoms. The van der Waals surface area contributed by atoms with Crippen molar-refractivity contribution >= 4 is 17.5 Å². The van der Waals surface area contributed by atoms with E-state index in [9.17, 15) is 9.18 Å². The Hall–Kier alpha value is -1.09. The van der Waals surface area contributed by atoms with E-state index in [0.29, 0.717) is 0 Å². The lowest BCUT2D eigenvalue weighted by molar-refractivity contribution is -0.130. The lowest BCUT2D eigenvalue weighted by Crippen LogP contribution is -2.34. The van der Waals surface area contributed by atoms with Crippen LogP contribution in [0.2, 0.25) is 0 Å². The summed E-state index contributed by atoms with van der Waals surface area (Å²) in [5.41, 5.74) is 1.20. The molecule has 0 spiro atoms. The van der Waals surface area contributed by atoms with Crippen molar-refractivity contribution in [3.63, 3.8) is 0 Å². The second-order valence-corrected chi connectivity index (χ2v) is 5.56. The van der Waals surface area contributed by atoms with E-state index in [-0.39, 0.29) is 11.5 Å². The van der Waals surface area contributed by atoms with Gasteiger partial charge in [0.1, 0.15) is 11.2 Å². The molecule has 1 heterocycles. The quantitative estimate of drug-likeness (QED) is 0.756. The van der Waals surface area contributed by atoms with Gasteiger partial charge < -0.3 is 4.90 Å². The van der Waals surface area contributed by atoms with Crippen molar-refractivity contribution in [3.8, 4) is 0 Å². The zero-order valence-corrected chi connectivity index (χ0v) is 11.9. The number of amides is 1. The molecule has 0 saturated carbocycles. The summed E-state index contributed by atoms with van der Waals surface area (Å²) in [6.45, 7) is 3.33. The Balaban J connectivity index is 2.15. The average Bonchev–Trinajstić information content (AvgIpc) is 2.69. The van der Waals surface area contributed by atoms with E-state index >= 15 is 0 Å². The van der Waals surface area contributed by atoms with Gasteiger partial charge in [0, 0.05) is 18.7 Å². The molecule has 1 amide bonds. The normalized spacial score (nSPS) is 17.9. The smallest absolute Gasteiger partial charge is 0.245 e. The van der Waals surface area contributed by atoms with Crippen LogP contribution in [-0.4, -0.2) is 23.9 Å². The van der Waals surface area contributed by atoms with E-state index < -0.39 is 11.2 Å². The van der Waals surface area contributed by atoms with Crippen LogP contribution in [0, 0.1) is 12.7 Å². The number of aryl methyl sites for hydroxylation is 1. The number of carbonyl (C=O) groups is 1. The monoisotopic (exact) mass is 283 g/mol. The molecule has 104 valence electrons. The van der Waals surface area contributed by atoms with E-state index in [2.05, 4.69) is 0 Å². The Bertz CT molecular complexity index is 455. The number of likely N-dealkylation sites (tertiary alicyclic amines) is 1.